The maximum atomic E-state index is 3.55. The molecule has 2 nitrogen and oxygen atoms in total. The summed E-state index contributed by atoms with van der Waals surface area (Å²) in [6.45, 7) is 14.3. The van der Waals surface area contributed by atoms with Crippen molar-refractivity contribution in [2.75, 3.05) is 13.6 Å². The zero-order valence-electron chi connectivity index (χ0n) is 14.2. The Hall–Kier alpha value is -0.860. The Labute approximate surface area is 125 Å². The SMILES string of the molecule is CC(C)CCN(C)Cc1cccc(CNC(C)(C)C)c1. The van der Waals surface area contributed by atoms with E-state index in [0.717, 1.165) is 19.0 Å². The largest absolute Gasteiger partial charge is 0.308 e. The van der Waals surface area contributed by atoms with Crippen LogP contribution in [-0.4, -0.2) is 24.0 Å². The molecule has 0 atom stereocenters. The van der Waals surface area contributed by atoms with E-state index in [9.17, 15) is 0 Å². The number of hydrogen-bond donors (Lipinski definition) is 1. The van der Waals surface area contributed by atoms with Crippen molar-refractivity contribution in [1.82, 2.24) is 10.2 Å². The summed E-state index contributed by atoms with van der Waals surface area (Å²) in [6, 6.07) is 8.93. The molecule has 0 fully saturated rings. The average molecular weight is 276 g/mol. The molecule has 1 aromatic rings. The Kier molecular flexibility index (Phi) is 6.70. The number of benzene rings is 1. The van der Waals surface area contributed by atoms with E-state index in [1.54, 1.807) is 0 Å². The summed E-state index contributed by atoms with van der Waals surface area (Å²) in [5, 5.41) is 3.55. The van der Waals surface area contributed by atoms with Gasteiger partial charge in [-0.05, 0) is 57.8 Å². The second kappa shape index (κ2) is 7.80. The molecule has 0 heterocycles. The van der Waals surface area contributed by atoms with Crippen molar-refractivity contribution in [3.05, 3.63) is 35.4 Å². The van der Waals surface area contributed by atoms with Crippen LogP contribution >= 0.6 is 0 Å². The van der Waals surface area contributed by atoms with Gasteiger partial charge in [0.05, 0.1) is 0 Å². The minimum atomic E-state index is 0.171. The van der Waals surface area contributed by atoms with Crippen LogP contribution in [0.5, 0.6) is 0 Å². The lowest BCUT2D eigenvalue weighted by Crippen LogP contribution is -2.35. The molecule has 0 aliphatic heterocycles. The van der Waals surface area contributed by atoms with Crippen molar-refractivity contribution in [2.24, 2.45) is 5.92 Å². The maximum Gasteiger partial charge on any atom is 0.0230 e. The molecule has 1 aromatic carbocycles. The summed E-state index contributed by atoms with van der Waals surface area (Å²) in [6.07, 6.45) is 1.27. The van der Waals surface area contributed by atoms with Gasteiger partial charge in [-0.1, -0.05) is 38.1 Å². The first kappa shape index (κ1) is 17.2. The topological polar surface area (TPSA) is 15.3 Å². The van der Waals surface area contributed by atoms with Crippen molar-refractivity contribution in [2.45, 2.75) is 59.7 Å². The average Bonchev–Trinajstić information content (AvgIpc) is 2.34. The minimum Gasteiger partial charge on any atom is -0.308 e. The van der Waals surface area contributed by atoms with Crippen molar-refractivity contribution in [3.63, 3.8) is 0 Å². The molecule has 114 valence electrons. The first-order valence-electron chi connectivity index (χ1n) is 7.77. The monoisotopic (exact) mass is 276 g/mol. The van der Waals surface area contributed by atoms with Crippen LogP contribution in [0.1, 0.15) is 52.2 Å². The second-order valence-electron chi connectivity index (χ2n) is 7.34. The van der Waals surface area contributed by atoms with E-state index >= 15 is 0 Å². The van der Waals surface area contributed by atoms with Gasteiger partial charge in [0.25, 0.3) is 0 Å². The number of hydrogen-bond acceptors (Lipinski definition) is 2. The van der Waals surface area contributed by atoms with Crippen molar-refractivity contribution < 1.29 is 0 Å². The van der Waals surface area contributed by atoms with Gasteiger partial charge in [0, 0.05) is 18.6 Å². The third kappa shape index (κ3) is 7.66. The molecule has 0 saturated carbocycles. The highest BCUT2D eigenvalue weighted by Crippen LogP contribution is 2.10. The molecule has 2 heteroatoms. The van der Waals surface area contributed by atoms with Gasteiger partial charge in [0.2, 0.25) is 0 Å². The lowest BCUT2D eigenvalue weighted by atomic mass is 10.1. The third-order valence-electron chi connectivity index (χ3n) is 3.35. The summed E-state index contributed by atoms with van der Waals surface area (Å²) >= 11 is 0. The number of rotatable bonds is 7. The molecular formula is C18H32N2. The molecule has 0 aromatic heterocycles. The highest BCUT2D eigenvalue weighted by atomic mass is 15.1. The fourth-order valence-corrected chi connectivity index (χ4v) is 2.07. The predicted octanol–water partition coefficient (Wildman–Crippen LogP) is 4.05. The molecule has 20 heavy (non-hydrogen) atoms. The highest BCUT2D eigenvalue weighted by Gasteiger charge is 2.08. The highest BCUT2D eigenvalue weighted by molar-refractivity contribution is 5.23. The molecule has 1 rings (SSSR count). The standard InChI is InChI=1S/C18H32N2/c1-15(2)10-11-20(6)14-17-9-7-8-16(12-17)13-19-18(3,4)5/h7-9,12,15,19H,10-11,13-14H2,1-6H3. The molecule has 0 unspecified atom stereocenters. The summed E-state index contributed by atoms with van der Waals surface area (Å²) < 4.78 is 0. The predicted molar refractivity (Wildman–Crippen MR) is 88.8 cm³/mol. The van der Waals surface area contributed by atoms with Crippen LogP contribution in [0, 0.1) is 5.92 Å². The van der Waals surface area contributed by atoms with Gasteiger partial charge in [-0.15, -0.1) is 0 Å². The lowest BCUT2D eigenvalue weighted by molar-refractivity contribution is 0.303. The van der Waals surface area contributed by atoms with Gasteiger partial charge >= 0.3 is 0 Å². The Morgan fingerprint density at radius 3 is 2.40 bits per heavy atom. The Morgan fingerprint density at radius 2 is 1.80 bits per heavy atom. The van der Waals surface area contributed by atoms with Gasteiger partial charge in [-0.2, -0.15) is 0 Å². The van der Waals surface area contributed by atoms with E-state index in [1.807, 2.05) is 0 Å². The van der Waals surface area contributed by atoms with E-state index in [2.05, 4.69) is 76.1 Å². The van der Waals surface area contributed by atoms with Gasteiger partial charge < -0.3 is 10.2 Å². The summed E-state index contributed by atoms with van der Waals surface area (Å²) in [4.78, 5) is 2.41. The first-order chi connectivity index (χ1) is 9.26. The fourth-order valence-electron chi connectivity index (χ4n) is 2.07. The van der Waals surface area contributed by atoms with Gasteiger partial charge in [-0.25, -0.2) is 0 Å². The van der Waals surface area contributed by atoms with E-state index in [-0.39, 0.29) is 5.54 Å². The van der Waals surface area contributed by atoms with Crippen LogP contribution in [0.4, 0.5) is 0 Å². The fraction of sp³-hybridized carbons (Fsp3) is 0.667. The quantitative estimate of drug-likeness (QED) is 0.808. The van der Waals surface area contributed by atoms with Gasteiger partial charge in [0.1, 0.15) is 0 Å². The molecule has 1 N–H and O–H groups in total. The van der Waals surface area contributed by atoms with Gasteiger partial charge in [-0.3, -0.25) is 0 Å². The van der Waals surface area contributed by atoms with E-state index < -0.39 is 0 Å². The summed E-state index contributed by atoms with van der Waals surface area (Å²) in [5.41, 5.74) is 2.95. The summed E-state index contributed by atoms with van der Waals surface area (Å²) in [5.74, 6) is 0.778. The van der Waals surface area contributed by atoms with Crippen LogP contribution in [0.2, 0.25) is 0 Å². The van der Waals surface area contributed by atoms with Crippen molar-refractivity contribution in [1.29, 1.82) is 0 Å². The van der Waals surface area contributed by atoms with E-state index in [0.29, 0.717) is 0 Å². The van der Waals surface area contributed by atoms with Crippen LogP contribution in [0.15, 0.2) is 24.3 Å². The molecular weight excluding hydrogens is 244 g/mol. The minimum absolute atomic E-state index is 0.171. The molecule has 0 saturated heterocycles. The third-order valence-corrected chi connectivity index (χ3v) is 3.35. The normalized spacial score (nSPS) is 12.4. The van der Waals surface area contributed by atoms with Gasteiger partial charge in [0.15, 0.2) is 0 Å². The van der Waals surface area contributed by atoms with Crippen LogP contribution in [-0.2, 0) is 13.1 Å². The molecule has 0 aliphatic carbocycles. The van der Waals surface area contributed by atoms with E-state index in [1.165, 1.54) is 24.1 Å². The van der Waals surface area contributed by atoms with E-state index in [4.69, 9.17) is 0 Å². The molecule has 0 radical (unpaired) electrons. The zero-order valence-corrected chi connectivity index (χ0v) is 14.2. The van der Waals surface area contributed by atoms with Crippen LogP contribution in [0.3, 0.4) is 0 Å². The summed E-state index contributed by atoms with van der Waals surface area (Å²) in [7, 11) is 2.21. The zero-order chi connectivity index (χ0) is 15.2. The van der Waals surface area contributed by atoms with Crippen LogP contribution in [0.25, 0.3) is 0 Å². The number of nitrogens with zero attached hydrogens (tertiary/aromatic N) is 1. The van der Waals surface area contributed by atoms with Crippen molar-refractivity contribution in [3.8, 4) is 0 Å². The van der Waals surface area contributed by atoms with Crippen LogP contribution < -0.4 is 5.32 Å². The molecule has 0 spiro atoms. The lowest BCUT2D eigenvalue weighted by Gasteiger charge is -2.21. The maximum absolute atomic E-state index is 3.55. The first-order valence-corrected chi connectivity index (χ1v) is 7.77. The molecule has 0 bridgehead atoms. The number of nitrogens with one attached hydrogen (secondary N) is 1. The van der Waals surface area contributed by atoms with Crippen molar-refractivity contribution >= 4 is 0 Å². The smallest absolute Gasteiger partial charge is 0.0230 e. The molecule has 0 amide bonds. The Morgan fingerprint density at radius 1 is 1.15 bits per heavy atom. The Balaban J connectivity index is 2.50. The Bertz CT molecular complexity index is 391. The molecule has 0 aliphatic rings. The second-order valence-corrected chi connectivity index (χ2v) is 7.34.